The number of nitrogens with zero attached hydrogens (tertiary/aromatic N) is 2. The summed E-state index contributed by atoms with van der Waals surface area (Å²) in [5.74, 6) is -0.716. The van der Waals surface area contributed by atoms with Gasteiger partial charge in [-0.05, 0) is 18.2 Å². The average Bonchev–Trinajstić information content (AvgIpc) is 2.32. The van der Waals surface area contributed by atoms with E-state index < -0.39 is 12.0 Å². The standard InChI is InChI=1S/C11H6ClFN2O3/c12-6-1-2-8(13)7(3-6)9-4-10(15-5-14-9)18-11(16)17/h1-5H,(H,16,17). The zero-order chi connectivity index (χ0) is 13.1. The van der Waals surface area contributed by atoms with Crippen LogP contribution in [0.3, 0.4) is 0 Å². The van der Waals surface area contributed by atoms with E-state index in [-0.39, 0.29) is 17.1 Å². The summed E-state index contributed by atoms with van der Waals surface area (Å²) in [5.41, 5.74) is 0.321. The van der Waals surface area contributed by atoms with Crippen LogP contribution in [-0.4, -0.2) is 21.2 Å². The summed E-state index contributed by atoms with van der Waals surface area (Å²) in [6, 6.07) is 5.18. The van der Waals surface area contributed by atoms with Crippen molar-refractivity contribution in [2.24, 2.45) is 0 Å². The minimum Gasteiger partial charge on any atom is -0.449 e. The number of rotatable bonds is 2. The lowest BCUT2D eigenvalue weighted by Crippen LogP contribution is -2.05. The fourth-order valence-corrected chi connectivity index (χ4v) is 1.50. The SMILES string of the molecule is O=C(O)Oc1cc(-c2cc(Cl)ccc2F)ncn1. The van der Waals surface area contributed by atoms with Crippen LogP contribution in [0.2, 0.25) is 5.02 Å². The minimum absolute atomic E-state index is 0.139. The van der Waals surface area contributed by atoms with Crippen LogP contribution in [0.4, 0.5) is 9.18 Å². The smallest absolute Gasteiger partial charge is 0.449 e. The minimum atomic E-state index is -1.51. The second-order valence-corrected chi connectivity index (χ2v) is 3.67. The monoisotopic (exact) mass is 268 g/mol. The van der Waals surface area contributed by atoms with E-state index in [9.17, 15) is 9.18 Å². The van der Waals surface area contributed by atoms with Crippen LogP contribution in [0.25, 0.3) is 11.3 Å². The summed E-state index contributed by atoms with van der Waals surface area (Å²) < 4.78 is 17.9. The van der Waals surface area contributed by atoms with Gasteiger partial charge in [0.15, 0.2) is 0 Å². The van der Waals surface area contributed by atoms with Crippen molar-refractivity contribution in [3.63, 3.8) is 0 Å². The third-order valence-electron chi connectivity index (χ3n) is 2.04. The van der Waals surface area contributed by atoms with Crippen LogP contribution in [0.1, 0.15) is 0 Å². The van der Waals surface area contributed by atoms with Crippen LogP contribution < -0.4 is 4.74 Å². The number of hydrogen-bond donors (Lipinski definition) is 1. The van der Waals surface area contributed by atoms with Crippen molar-refractivity contribution in [3.8, 4) is 17.1 Å². The molecule has 1 N–H and O–H groups in total. The molecule has 5 nitrogen and oxygen atoms in total. The Morgan fingerprint density at radius 3 is 2.83 bits per heavy atom. The number of ether oxygens (including phenoxy) is 1. The average molecular weight is 269 g/mol. The van der Waals surface area contributed by atoms with E-state index >= 15 is 0 Å². The quantitative estimate of drug-likeness (QED) is 0.848. The maximum absolute atomic E-state index is 13.6. The Balaban J connectivity index is 2.44. The molecule has 0 aliphatic rings. The Bertz CT molecular complexity index is 607. The maximum atomic E-state index is 13.6. The molecule has 0 fully saturated rings. The van der Waals surface area contributed by atoms with E-state index in [0.717, 1.165) is 6.33 Å². The molecule has 2 aromatic rings. The first kappa shape index (κ1) is 12.3. The van der Waals surface area contributed by atoms with E-state index in [0.29, 0.717) is 5.02 Å². The Kier molecular flexibility index (Phi) is 3.38. The van der Waals surface area contributed by atoms with E-state index in [1.807, 2.05) is 0 Å². The normalized spacial score (nSPS) is 10.1. The van der Waals surface area contributed by atoms with Gasteiger partial charge in [-0.25, -0.2) is 19.2 Å². The Hall–Kier alpha value is -2.21. The van der Waals surface area contributed by atoms with Gasteiger partial charge < -0.3 is 9.84 Å². The Labute approximate surface area is 106 Å². The van der Waals surface area contributed by atoms with Gasteiger partial charge in [0.25, 0.3) is 0 Å². The molecule has 0 unspecified atom stereocenters. The molecule has 92 valence electrons. The van der Waals surface area contributed by atoms with Crippen LogP contribution in [0, 0.1) is 5.82 Å². The van der Waals surface area contributed by atoms with Crippen LogP contribution in [0.5, 0.6) is 5.88 Å². The number of aromatic nitrogens is 2. The van der Waals surface area contributed by atoms with Gasteiger partial charge >= 0.3 is 6.16 Å². The lowest BCUT2D eigenvalue weighted by molar-refractivity contribution is 0.142. The molecule has 1 aromatic carbocycles. The highest BCUT2D eigenvalue weighted by atomic mass is 35.5. The number of carbonyl (C=O) groups is 1. The highest BCUT2D eigenvalue weighted by Gasteiger charge is 2.10. The van der Waals surface area contributed by atoms with Crippen molar-refractivity contribution in [1.82, 2.24) is 9.97 Å². The van der Waals surface area contributed by atoms with Gasteiger partial charge in [0.1, 0.15) is 12.1 Å². The summed E-state index contributed by atoms with van der Waals surface area (Å²) in [4.78, 5) is 17.8. The number of hydrogen-bond acceptors (Lipinski definition) is 4. The topological polar surface area (TPSA) is 72.3 Å². The lowest BCUT2D eigenvalue weighted by Gasteiger charge is -2.04. The first-order valence-electron chi connectivity index (χ1n) is 4.74. The molecule has 1 aromatic heterocycles. The number of halogens is 2. The molecule has 18 heavy (non-hydrogen) atoms. The molecular weight excluding hydrogens is 263 g/mol. The van der Waals surface area contributed by atoms with Gasteiger partial charge in [-0.2, -0.15) is 0 Å². The molecule has 1 heterocycles. The van der Waals surface area contributed by atoms with Gasteiger partial charge in [-0.3, -0.25) is 0 Å². The molecule has 0 aliphatic heterocycles. The molecule has 0 aliphatic carbocycles. The van der Waals surface area contributed by atoms with Crippen molar-refractivity contribution in [2.75, 3.05) is 0 Å². The second-order valence-electron chi connectivity index (χ2n) is 3.23. The molecular formula is C11H6ClFN2O3. The van der Waals surface area contributed by atoms with E-state index in [4.69, 9.17) is 16.7 Å². The molecule has 0 radical (unpaired) electrons. The first-order valence-corrected chi connectivity index (χ1v) is 5.12. The maximum Gasteiger partial charge on any atom is 0.512 e. The van der Waals surface area contributed by atoms with Crippen molar-refractivity contribution in [3.05, 3.63) is 41.4 Å². The summed E-state index contributed by atoms with van der Waals surface area (Å²) in [7, 11) is 0. The van der Waals surface area contributed by atoms with Crippen LogP contribution in [-0.2, 0) is 0 Å². The van der Waals surface area contributed by atoms with E-state index in [1.54, 1.807) is 0 Å². The number of benzene rings is 1. The summed E-state index contributed by atoms with van der Waals surface area (Å²) in [5, 5.41) is 8.79. The Morgan fingerprint density at radius 2 is 2.11 bits per heavy atom. The second kappa shape index (κ2) is 4.97. The largest absolute Gasteiger partial charge is 0.512 e. The molecule has 0 bridgehead atoms. The molecule has 0 saturated heterocycles. The third-order valence-corrected chi connectivity index (χ3v) is 2.27. The first-order chi connectivity index (χ1) is 8.56. The van der Waals surface area contributed by atoms with E-state index in [2.05, 4.69) is 14.7 Å². The predicted octanol–water partition coefficient (Wildman–Crippen LogP) is 2.99. The van der Waals surface area contributed by atoms with Crippen molar-refractivity contribution < 1.29 is 19.0 Å². The molecule has 0 saturated carbocycles. The fraction of sp³-hybridized carbons (Fsp3) is 0. The zero-order valence-corrected chi connectivity index (χ0v) is 9.56. The lowest BCUT2D eigenvalue weighted by atomic mass is 10.1. The molecule has 7 heteroatoms. The van der Waals surface area contributed by atoms with Crippen LogP contribution >= 0.6 is 11.6 Å². The molecule has 0 spiro atoms. The Morgan fingerprint density at radius 1 is 1.33 bits per heavy atom. The van der Waals surface area contributed by atoms with Crippen molar-refractivity contribution in [2.45, 2.75) is 0 Å². The molecule has 0 atom stereocenters. The number of carboxylic acid groups (broad SMARTS) is 1. The van der Waals surface area contributed by atoms with Gasteiger partial charge in [0.2, 0.25) is 5.88 Å². The van der Waals surface area contributed by atoms with Crippen LogP contribution in [0.15, 0.2) is 30.6 Å². The predicted molar refractivity (Wildman–Crippen MR) is 61.1 cm³/mol. The fourth-order valence-electron chi connectivity index (χ4n) is 1.33. The van der Waals surface area contributed by atoms with Crippen molar-refractivity contribution in [1.29, 1.82) is 0 Å². The summed E-state index contributed by atoms with van der Waals surface area (Å²) >= 11 is 5.76. The van der Waals surface area contributed by atoms with Crippen molar-refractivity contribution >= 4 is 17.8 Å². The molecule has 0 amide bonds. The third kappa shape index (κ3) is 2.72. The van der Waals surface area contributed by atoms with Gasteiger partial charge in [0.05, 0.1) is 5.69 Å². The van der Waals surface area contributed by atoms with E-state index in [1.165, 1.54) is 24.3 Å². The summed E-state index contributed by atoms with van der Waals surface area (Å²) in [6.45, 7) is 0. The highest BCUT2D eigenvalue weighted by Crippen LogP contribution is 2.25. The zero-order valence-electron chi connectivity index (χ0n) is 8.80. The highest BCUT2D eigenvalue weighted by molar-refractivity contribution is 6.30. The van der Waals surface area contributed by atoms with Gasteiger partial charge in [-0.1, -0.05) is 11.6 Å². The molecule has 2 rings (SSSR count). The van der Waals surface area contributed by atoms with Gasteiger partial charge in [0, 0.05) is 16.7 Å². The van der Waals surface area contributed by atoms with Gasteiger partial charge in [-0.15, -0.1) is 0 Å². The summed E-state index contributed by atoms with van der Waals surface area (Å²) in [6.07, 6.45) is -0.431.